The van der Waals surface area contributed by atoms with Crippen LogP contribution < -0.4 is 5.69 Å². The van der Waals surface area contributed by atoms with Crippen LogP contribution in [-0.4, -0.2) is 27.7 Å². The number of nitrogens with one attached hydrogen (secondary N) is 1. The van der Waals surface area contributed by atoms with Gasteiger partial charge in [-0.3, -0.25) is 9.55 Å². The summed E-state index contributed by atoms with van der Waals surface area (Å²) in [5, 5.41) is 0. The predicted octanol–water partition coefficient (Wildman–Crippen LogP) is 0.799. The van der Waals surface area contributed by atoms with Gasteiger partial charge in [0.15, 0.2) is 0 Å². The molecule has 3 rings (SSSR count). The van der Waals surface area contributed by atoms with E-state index >= 15 is 0 Å². The molecule has 1 aliphatic heterocycles. The average molecular weight is 239 g/mol. The van der Waals surface area contributed by atoms with Crippen molar-refractivity contribution in [2.75, 3.05) is 13.2 Å². The lowest BCUT2D eigenvalue weighted by Gasteiger charge is -2.08. The summed E-state index contributed by atoms with van der Waals surface area (Å²) in [6.45, 7) is 1.35. The number of aromatic amines is 1. The molecule has 5 nitrogen and oxygen atoms in total. The largest absolute Gasteiger partial charge is 0.379 e. The summed E-state index contributed by atoms with van der Waals surface area (Å²) in [7, 11) is 0. The van der Waals surface area contributed by atoms with Gasteiger partial charge in [-0.2, -0.15) is 13.5 Å². The molecule has 3 heterocycles. The maximum Gasteiger partial charge on any atom is 0.326 e. The summed E-state index contributed by atoms with van der Waals surface area (Å²) in [6.07, 6.45) is 4.26. The molecule has 0 amide bonds. The first kappa shape index (κ1) is 11.2. The summed E-state index contributed by atoms with van der Waals surface area (Å²) >= 11 is 0. The molecule has 1 saturated heterocycles. The number of rotatable bonds is 1. The van der Waals surface area contributed by atoms with Crippen molar-refractivity contribution in [2.45, 2.75) is 12.5 Å². The Hall–Kier alpha value is -1.27. The van der Waals surface area contributed by atoms with Gasteiger partial charge in [-0.15, -0.1) is 0 Å². The van der Waals surface area contributed by atoms with Crippen molar-refractivity contribution in [1.29, 1.82) is 0 Å². The molecule has 1 aliphatic rings. The number of ether oxygens (including phenoxy) is 1. The molecule has 6 heteroatoms. The van der Waals surface area contributed by atoms with Crippen LogP contribution in [0, 0.1) is 0 Å². The lowest BCUT2D eigenvalue weighted by atomic mass is 10.2. The molecular weight excluding hydrogens is 226 g/mol. The second kappa shape index (κ2) is 4.31. The molecular formula is C10H13N3O2S. The van der Waals surface area contributed by atoms with Crippen LogP contribution in [0.1, 0.15) is 12.5 Å². The minimum Gasteiger partial charge on any atom is -0.379 e. The third-order valence-corrected chi connectivity index (χ3v) is 2.79. The highest BCUT2D eigenvalue weighted by Crippen LogP contribution is 2.21. The van der Waals surface area contributed by atoms with E-state index in [1.807, 2.05) is 6.07 Å². The topological polar surface area (TPSA) is 59.9 Å². The van der Waals surface area contributed by atoms with Crippen LogP contribution in [0.5, 0.6) is 0 Å². The van der Waals surface area contributed by atoms with Gasteiger partial charge < -0.3 is 9.72 Å². The lowest BCUT2D eigenvalue weighted by Crippen LogP contribution is -2.22. The number of hydrogen-bond acceptors (Lipinski definition) is 3. The molecule has 1 fully saturated rings. The summed E-state index contributed by atoms with van der Waals surface area (Å²) in [6, 6.07) is 2.01. The fourth-order valence-corrected chi connectivity index (χ4v) is 2.07. The van der Waals surface area contributed by atoms with Crippen LogP contribution in [0.15, 0.2) is 23.3 Å². The second-order valence-corrected chi connectivity index (χ2v) is 3.71. The number of aromatic nitrogens is 3. The minimum atomic E-state index is -0.0755. The van der Waals surface area contributed by atoms with E-state index in [-0.39, 0.29) is 25.2 Å². The highest BCUT2D eigenvalue weighted by Gasteiger charge is 2.21. The van der Waals surface area contributed by atoms with Crippen molar-refractivity contribution in [3.63, 3.8) is 0 Å². The van der Waals surface area contributed by atoms with Crippen LogP contribution in [0.2, 0.25) is 0 Å². The summed E-state index contributed by atoms with van der Waals surface area (Å²) in [5.74, 6) is 0. The molecule has 0 aromatic carbocycles. The third-order valence-electron chi connectivity index (χ3n) is 2.79. The fraction of sp³-hybridized carbons (Fsp3) is 0.400. The third kappa shape index (κ3) is 1.64. The molecule has 86 valence electrons. The first-order valence-corrected chi connectivity index (χ1v) is 4.98. The number of pyridine rings is 1. The number of fused-ring (bicyclic) bond motifs is 1. The lowest BCUT2D eigenvalue weighted by molar-refractivity contribution is 0.186. The van der Waals surface area contributed by atoms with Gasteiger partial charge in [0.2, 0.25) is 0 Å². The summed E-state index contributed by atoms with van der Waals surface area (Å²) < 4.78 is 7.06. The Morgan fingerprint density at radius 3 is 3.19 bits per heavy atom. The zero-order valence-electron chi connectivity index (χ0n) is 8.64. The van der Waals surface area contributed by atoms with Gasteiger partial charge in [-0.1, -0.05) is 0 Å². The van der Waals surface area contributed by atoms with Crippen LogP contribution in [0.3, 0.4) is 0 Å². The van der Waals surface area contributed by atoms with E-state index in [0.29, 0.717) is 6.61 Å². The van der Waals surface area contributed by atoms with Crippen molar-refractivity contribution in [2.24, 2.45) is 0 Å². The molecule has 2 aromatic heterocycles. The molecule has 0 aliphatic carbocycles. The summed E-state index contributed by atoms with van der Waals surface area (Å²) in [4.78, 5) is 18.5. The van der Waals surface area contributed by atoms with E-state index in [2.05, 4.69) is 9.97 Å². The van der Waals surface area contributed by atoms with Gasteiger partial charge in [0.25, 0.3) is 0 Å². The van der Waals surface area contributed by atoms with Crippen molar-refractivity contribution in [1.82, 2.24) is 14.5 Å². The molecule has 0 saturated carbocycles. The van der Waals surface area contributed by atoms with Gasteiger partial charge >= 0.3 is 5.69 Å². The summed E-state index contributed by atoms with van der Waals surface area (Å²) in [5.41, 5.74) is 1.62. The number of H-pyrrole nitrogens is 1. The number of imidazole rings is 1. The SMILES string of the molecule is O=c1[nH]c2cnccc2n1[C@H]1CCOC1.S. The van der Waals surface area contributed by atoms with E-state index in [0.717, 1.165) is 24.1 Å². The van der Waals surface area contributed by atoms with E-state index < -0.39 is 0 Å². The van der Waals surface area contributed by atoms with Gasteiger partial charge in [0.05, 0.1) is 29.9 Å². The first-order valence-electron chi connectivity index (χ1n) is 4.98. The molecule has 1 N–H and O–H groups in total. The van der Waals surface area contributed by atoms with Crippen LogP contribution >= 0.6 is 13.5 Å². The van der Waals surface area contributed by atoms with Crippen LogP contribution in [0.4, 0.5) is 0 Å². The molecule has 2 aromatic rings. The van der Waals surface area contributed by atoms with Gasteiger partial charge in [-0.25, -0.2) is 4.79 Å². The molecule has 0 spiro atoms. The zero-order valence-corrected chi connectivity index (χ0v) is 9.64. The van der Waals surface area contributed by atoms with E-state index in [9.17, 15) is 4.79 Å². The monoisotopic (exact) mass is 239 g/mol. The standard InChI is InChI=1S/C10H11N3O2.H2S/c14-10-12-8-5-11-3-1-9(8)13(10)7-2-4-15-6-7;/h1,3,5,7H,2,4,6H2,(H,12,14);1H2/t7-;/m0./s1. The predicted molar refractivity (Wildman–Crippen MR) is 65.2 cm³/mol. The maximum atomic E-state index is 11.7. The van der Waals surface area contributed by atoms with Crippen LogP contribution in [-0.2, 0) is 4.74 Å². The second-order valence-electron chi connectivity index (χ2n) is 3.71. The Balaban J connectivity index is 0.000000963. The molecule has 1 atom stereocenters. The van der Waals surface area contributed by atoms with Gasteiger partial charge in [0, 0.05) is 12.8 Å². The van der Waals surface area contributed by atoms with Crippen LogP contribution in [0.25, 0.3) is 11.0 Å². The van der Waals surface area contributed by atoms with Gasteiger partial charge in [0.1, 0.15) is 0 Å². The maximum absolute atomic E-state index is 11.7. The Kier molecular flexibility index (Phi) is 3.02. The normalized spacial score (nSPS) is 19.9. The van der Waals surface area contributed by atoms with E-state index in [1.54, 1.807) is 17.0 Å². The van der Waals surface area contributed by atoms with E-state index in [1.165, 1.54) is 0 Å². The molecule has 0 unspecified atom stereocenters. The van der Waals surface area contributed by atoms with Crippen molar-refractivity contribution in [3.8, 4) is 0 Å². The Morgan fingerprint density at radius 1 is 1.56 bits per heavy atom. The Bertz CT molecular complexity index is 542. The molecule has 16 heavy (non-hydrogen) atoms. The highest BCUT2D eigenvalue weighted by atomic mass is 32.1. The minimum absolute atomic E-state index is 0. The highest BCUT2D eigenvalue weighted by molar-refractivity contribution is 7.59. The van der Waals surface area contributed by atoms with Crippen molar-refractivity contribution >= 4 is 24.5 Å². The first-order chi connectivity index (χ1) is 7.36. The smallest absolute Gasteiger partial charge is 0.326 e. The fourth-order valence-electron chi connectivity index (χ4n) is 2.07. The quantitative estimate of drug-likeness (QED) is 0.800. The van der Waals surface area contributed by atoms with Crippen molar-refractivity contribution in [3.05, 3.63) is 28.9 Å². The van der Waals surface area contributed by atoms with Gasteiger partial charge in [-0.05, 0) is 12.5 Å². The molecule has 0 radical (unpaired) electrons. The zero-order chi connectivity index (χ0) is 10.3. The van der Waals surface area contributed by atoms with E-state index in [4.69, 9.17) is 4.74 Å². The Morgan fingerprint density at radius 2 is 2.44 bits per heavy atom. The van der Waals surface area contributed by atoms with Crippen molar-refractivity contribution < 1.29 is 4.74 Å². The average Bonchev–Trinajstić information content (AvgIpc) is 2.82. The Labute approximate surface area is 98.9 Å². The number of nitrogens with zero attached hydrogens (tertiary/aromatic N) is 2. The number of hydrogen-bond donors (Lipinski definition) is 1. The molecule has 0 bridgehead atoms.